The van der Waals surface area contributed by atoms with Crippen molar-refractivity contribution in [2.45, 2.75) is 52.9 Å². The first-order chi connectivity index (χ1) is 9.97. The number of aromatic nitrogens is 1. The van der Waals surface area contributed by atoms with Gasteiger partial charge in [0.15, 0.2) is 0 Å². The van der Waals surface area contributed by atoms with Crippen molar-refractivity contribution in [3.05, 3.63) is 23.0 Å². The number of anilines is 1. The second kappa shape index (κ2) is 7.21. The van der Waals surface area contributed by atoms with Crippen molar-refractivity contribution < 1.29 is 0 Å². The van der Waals surface area contributed by atoms with E-state index in [1.54, 1.807) is 0 Å². The lowest BCUT2D eigenvalue weighted by Crippen LogP contribution is -2.19. The van der Waals surface area contributed by atoms with Gasteiger partial charge >= 0.3 is 0 Å². The van der Waals surface area contributed by atoms with Gasteiger partial charge in [-0.3, -0.25) is 4.98 Å². The van der Waals surface area contributed by atoms with Crippen LogP contribution >= 0.6 is 12.2 Å². The molecule has 0 unspecified atom stereocenters. The molecule has 1 aromatic rings. The minimum absolute atomic E-state index is 0.425. The van der Waals surface area contributed by atoms with E-state index in [9.17, 15) is 0 Å². The van der Waals surface area contributed by atoms with E-state index in [-0.39, 0.29) is 0 Å². The highest BCUT2D eigenvalue weighted by Gasteiger charge is 2.18. The molecule has 1 fully saturated rings. The van der Waals surface area contributed by atoms with Gasteiger partial charge in [-0.15, -0.1) is 0 Å². The van der Waals surface area contributed by atoms with Gasteiger partial charge in [0.1, 0.15) is 4.99 Å². The predicted molar refractivity (Wildman–Crippen MR) is 93.8 cm³/mol. The standard InChI is InChI=1S/C17H27N3S/c1-11-4-6-14(7-5-11)8-9-19-15-10-12(2)20-13(3)16(15)17(18)21/h10-11,14H,4-9H2,1-3H3,(H2,18,21)(H,19,20). The zero-order valence-corrected chi connectivity index (χ0v) is 14.2. The van der Waals surface area contributed by atoms with Crippen LogP contribution in [0.15, 0.2) is 6.07 Å². The highest BCUT2D eigenvalue weighted by molar-refractivity contribution is 7.80. The van der Waals surface area contributed by atoms with E-state index in [0.29, 0.717) is 4.99 Å². The Bertz CT molecular complexity index is 505. The summed E-state index contributed by atoms with van der Waals surface area (Å²) in [4.78, 5) is 4.88. The largest absolute Gasteiger partial charge is 0.389 e. The van der Waals surface area contributed by atoms with Crippen molar-refractivity contribution in [2.24, 2.45) is 17.6 Å². The third kappa shape index (κ3) is 4.40. The van der Waals surface area contributed by atoms with Gasteiger partial charge in [-0.2, -0.15) is 0 Å². The summed E-state index contributed by atoms with van der Waals surface area (Å²) in [6.45, 7) is 7.32. The lowest BCUT2D eigenvalue weighted by Gasteiger charge is -2.26. The number of thiocarbonyl (C=S) groups is 1. The fourth-order valence-electron chi connectivity index (χ4n) is 3.31. The van der Waals surface area contributed by atoms with Gasteiger partial charge in [-0.25, -0.2) is 0 Å². The lowest BCUT2D eigenvalue weighted by atomic mass is 9.81. The van der Waals surface area contributed by atoms with E-state index in [4.69, 9.17) is 18.0 Å². The van der Waals surface area contributed by atoms with Crippen LogP contribution < -0.4 is 11.1 Å². The molecule has 1 aliphatic rings. The Morgan fingerprint density at radius 1 is 1.33 bits per heavy atom. The summed E-state index contributed by atoms with van der Waals surface area (Å²) in [5.41, 5.74) is 9.70. The molecule has 0 spiro atoms. The maximum atomic E-state index is 5.85. The maximum absolute atomic E-state index is 5.85. The molecule has 21 heavy (non-hydrogen) atoms. The topological polar surface area (TPSA) is 50.9 Å². The third-order valence-electron chi connectivity index (χ3n) is 4.58. The molecule has 3 nitrogen and oxygen atoms in total. The molecule has 1 heterocycles. The number of nitrogens with two attached hydrogens (primary N) is 1. The molecule has 0 atom stereocenters. The monoisotopic (exact) mass is 305 g/mol. The van der Waals surface area contributed by atoms with Crippen molar-refractivity contribution in [3.63, 3.8) is 0 Å². The summed E-state index contributed by atoms with van der Waals surface area (Å²) < 4.78 is 0. The molecule has 2 rings (SSSR count). The zero-order valence-electron chi connectivity index (χ0n) is 13.4. The summed E-state index contributed by atoms with van der Waals surface area (Å²) >= 11 is 5.17. The fourth-order valence-corrected chi connectivity index (χ4v) is 3.57. The Morgan fingerprint density at radius 3 is 2.62 bits per heavy atom. The van der Waals surface area contributed by atoms with Crippen molar-refractivity contribution in [1.82, 2.24) is 4.98 Å². The molecule has 1 aromatic heterocycles. The van der Waals surface area contributed by atoms with Crippen molar-refractivity contribution in [1.29, 1.82) is 0 Å². The van der Waals surface area contributed by atoms with E-state index in [1.807, 2.05) is 19.9 Å². The summed E-state index contributed by atoms with van der Waals surface area (Å²) in [5, 5.41) is 3.53. The lowest BCUT2D eigenvalue weighted by molar-refractivity contribution is 0.282. The Balaban J connectivity index is 1.95. The van der Waals surface area contributed by atoms with Gasteiger partial charge < -0.3 is 11.1 Å². The van der Waals surface area contributed by atoms with Crippen LogP contribution in [-0.4, -0.2) is 16.5 Å². The van der Waals surface area contributed by atoms with Gasteiger partial charge in [-0.05, 0) is 38.2 Å². The zero-order chi connectivity index (χ0) is 15.4. The van der Waals surface area contributed by atoms with Gasteiger partial charge in [0.25, 0.3) is 0 Å². The number of hydrogen-bond acceptors (Lipinski definition) is 3. The number of nitrogens with zero attached hydrogens (tertiary/aromatic N) is 1. The molecule has 4 heteroatoms. The van der Waals surface area contributed by atoms with E-state index in [2.05, 4.69) is 17.2 Å². The van der Waals surface area contributed by atoms with Crippen LogP contribution in [0, 0.1) is 25.7 Å². The van der Waals surface area contributed by atoms with E-state index in [0.717, 1.165) is 41.0 Å². The predicted octanol–water partition coefficient (Wildman–Crippen LogP) is 3.96. The van der Waals surface area contributed by atoms with Gasteiger partial charge in [-0.1, -0.05) is 44.8 Å². The summed E-state index contributed by atoms with van der Waals surface area (Å²) in [7, 11) is 0. The third-order valence-corrected chi connectivity index (χ3v) is 4.78. The highest BCUT2D eigenvalue weighted by Crippen LogP contribution is 2.30. The van der Waals surface area contributed by atoms with Crippen LogP contribution in [0.5, 0.6) is 0 Å². The van der Waals surface area contributed by atoms with Crippen LogP contribution in [0.1, 0.15) is 56.0 Å². The highest BCUT2D eigenvalue weighted by atomic mass is 32.1. The Morgan fingerprint density at radius 2 is 2.00 bits per heavy atom. The first kappa shape index (κ1) is 16.2. The minimum atomic E-state index is 0.425. The van der Waals surface area contributed by atoms with Crippen molar-refractivity contribution >= 4 is 22.9 Å². The first-order valence-corrected chi connectivity index (χ1v) is 8.40. The molecular weight excluding hydrogens is 278 g/mol. The second-order valence-electron chi connectivity index (χ2n) is 6.48. The van der Waals surface area contributed by atoms with Crippen LogP contribution in [-0.2, 0) is 0 Å². The number of pyridine rings is 1. The number of hydrogen-bond donors (Lipinski definition) is 2. The Kier molecular flexibility index (Phi) is 5.57. The van der Waals surface area contributed by atoms with Crippen LogP contribution in [0.25, 0.3) is 0 Å². The average Bonchev–Trinajstić information content (AvgIpc) is 2.39. The molecular formula is C17H27N3S. The number of rotatable bonds is 5. The SMILES string of the molecule is Cc1cc(NCCC2CCC(C)CC2)c(C(N)=S)c(C)n1. The normalized spacial score (nSPS) is 22.0. The summed E-state index contributed by atoms with van der Waals surface area (Å²) in [6, 6.07) is 2.05. The fraction of sp³-hybridized carbons (Fsp3) is 0.647. The summed E-state index contributed by atoms with van der Waals surface area (Å²) in [6.07, 6.45) is 6.75. The van der Waals surface area contributed by atoms with Gasteiger partial charge in [0.05, 0.1) is 5.56 Å². The molecule has 0 aliphatic heterocycles. The van der Waals surface area contributed by atoms with Crippen molar-refractivity contribution in [3.8, 4) is 0 Å². The molecule has 3 N–H and O–H groups in total. The molecule has 0 saturated heterocycles. The van der Waals surface area contributed by atoms with E-state index >= 15 is 0 Å². The smallest absolute Gasteiger partial charge is 0.107 e. The quantitative estimate of drug-likeness (QED) is 0.808. The molecule has 0 amide bonds. The van der Waals surface area contributed by atoms with Crippen LogP contribution in [0.2, 0.25) is 0 Å². The van der Waals surface area contributed by atoms with Gasteiger partial charge in [0, 0.05) is 23.6 Å². The second-order valence-corrected chi connectivity index (χ2v) is 6.92. The Hall–Kier alpha value is -1.16. The minimum Gasteiger partial charge on any atom is -0.389 e. The number of aryl methyl sites for hydroxylation is 2. The number of nitrogens with one attached hydrogen (secondary N) is 1. The molecule has 0 bridgehead atoms. The van der Waals surface area contributed by atoms with Gasteiger partial charge in [0.2, 0.25) is 0 Å². The first-order valence-electron chi connectivity index (χ1n) is 7.99. The van der Waals surface area contributed by atoms with E-state index < -0.39 is 0 Å². The molecule has 1 saturated carbocycles. The molecule has 1 aliphatic carbocycles. The van der Waals surface area contributed by atoms with Crippen LogP contribution in [0.4, 0.5) is 5.69 Å². The molecule has 0 aromatic carbocycles. The average molecular weight is 305 g/mol. The van der Waals surface area contributed by atoms with Crippen LogP contribution in [0.3, 0.4) is 0 Å². The summed E-state index contributed by atoms with van der Waals surface area (Å²) in [5.74, 6) is 1.78. The molecule has 0 radical (unpaired) electrons. The maximum Gasteiger partial charge on any atom is 0.107 e. The Labute approximate surface area is 133 Å². The van der Waals surface area contributed by atoms with Crippen molar-refractivity contribution in [2.75, 3.05) is 11.9 Å². The van der Waals surface area contributed by atoms with E-state index in [1.165, 1.54) is 32.1 Å². The molecule has 116 valence electrons.